The Labute approximate surface area is 76.6 Å². The van der Waals surface area contributed by atoms with Crippen molar-refractivity contribution >= 4 is 11.9 Å². The van der Waals surface area contributed by atoms with Gasteiger partial charge in [0.1, 0.15) is 0 Å². The standard InChI is InChI=1S/C9H14O4/c1-4(7(10)11)5-6(8(12)13)9(5,2)3/h4-6H,1-3H3,(H,10,11)(H,12,13)/t4?,5-,6-/m1/s1. The molecule has 2 N–H and O–H groups in total. The van der Waals surface area contributed by atoms with Crippen LogP contribution in [-0.2, 0) is 9.59 Å². The fraction of sp³-hybridized carbons (Fsp3) is 0.778. The van der Waals surface area contributed by atoms with Crippen molar-refractivity contribution in [2.24, 2.45) is 23.2 Å². The average Bonchev–Trinajstić information content (AvgIpc) is 2.51. The summed E-state index contributed by atoms with van der Waals surface area (Å²) in [5, 5.41) is 17.5. The molecule has 1 fully saturated rings. The van der Waals surface area contributed by atoms with Gasteiger partial charge in [-0.05, 0) is 11.3 Å². The second kappa shape index (κ2) is 2.72. The first-order valence-electron chi connectivity index (χ1n) is 4.25. The van der Waals surface area contributed by atoms with Gasteiger partial charge in [0.15, 0.2) is 0 Å². The van der Waals surface area contributed by atoms with Gasteiger partial charge in [0, 0.05) is 0 Å². The van der Waals surface area contributed by atoms with E-state index >= 15 is 0 Å². The lowest BCUT2D eigenvalue weighted by atomic mass is 9.99. The first kappa shape index (κ1) is 10.0. The molecule has 1 unspecified atom stereocenters. The summed E-state index contributed by atoms with van der Waals surface area (Å²) >= 11 is 0. The zero-order chi connectivity index (χ0) is 10.4. The first-order valence-corrected chi connectivity index (χ1v) is 4.25. The molecule has 0 spiro atoms. The van der Waals surface area contributed by atoms with Crippen LogP contribution in [0.15, 0.2) is 0 Å². The van der Waals surface area contributed by atoms with Crippen LogP contribution in [0.5, 0.6) is 0 Å². The second-order valence-corrected chi connectivity index (χ2v) is 4.29. The van der Waals surface area contributed by atoms with Crippen molar-refractivity contribution in [3.63, 3.8) is 0 Å². The summed E-state index contributed by atoms with van der Waals surface area (Å²) in [6.07, 6.45) is 0. The molecule has 1 saturated carbocycles. The summed E-state index contributed by atoms with van der Waals surface area (Å²) in [6.45, 7) is 5.17. The van der Waals surface area contributed by atoms with Crippen LogP contribution < -0.4 is 0 Å². The van der Waals surface area contributed by atoms with Crippen LogP contribution >= 0.6 is 0 Å². The van der Waals surface area contributed by atoms with Crippen LogP contribution in [0.4, 0.5) is 0 Å². The first-order chi connectivity index (χ1) is 5.80. The van der Waals surface area contributed by atoms with Crippen LogP contribution in [0.3, 0.4) is 0 Å². The smallest absolute Gasteiger partial charge is 0.307 e. The fourth-order valence-corrected chi connectivity index (χ4v) is 2.24. The van der Waals surface area contributed by atoms with Gasteiger partial charge in [0.25, 0.3) is 0 Å². The van der Waals surface area contributed by atoms with E-state index < -0.39 is 23.8 Å². The molecule has 4 nitrogen and oxygen atoms in total. The van der Waals surface area contributed by atoms with Crippen molar-refractivity contribution < 1.29 is 19.8 Å². The van der Waals surface area contributed by atoms with Crippen LogP contribution in [0.25, 0.3) is 0 Å². The number of carboxylic acid groups (broad SMARTS) is 2. The Kier molecular flexibility index (Phi) is 2.10. The van der Waals surface area contributed by atoms with E-state index in [1.54, 1.807) is 20.8 Å². The Balaban J connectivity index is 2.76. The van der Waals surface area contributed by atoms with Crippen molar-refractivity contribution in [1.29, 1.82) is 0 Å². The molecule has 0 aromatic rings. The van der Waals surface area contributed by atoms with Gasteiger partial charge in [0.2, 0.25) is 0 Å². The summed E-state index contributed by atoms with van der Waals surface area (Å²) < 4.78 is 0. The maximum atomic E-state index is 10.7. The predicted octanol–water partition coefficient (Wildman–Crippen LogP) is 1.06. The molecule has 0 bridgehead atoms. The quantitative estimate of drug-likeness (QED) is 0.691. The van der Waals surface area contributed by atoms with Crippen molar-refractivity contribution in [1.82, 2.24) is 0 Å². The SMILES string of the molecule is CC(C(=O)O)[C@@H]1[C@H](C(=O)O)C1(C)C. The summed E-state index contributed by atoms with van der Waals surface area (Å²) in [5.74, 6) is -3.11. The van der Waals surface area contributed by atoms with E-state index in [9.17, 15) is 9.59 Å². The minimum Gasteiger partial charge on any atom is -0.481 e. The Hall–Kier alpha value is -1.06. The Bertz CT molecular complexity index is 256. The number of carbonyl (C=O) groups is 2. The van der Waals surface area contributed by atoms with Gasteiger partial charge in [-0.25, -0.2) is 0 Å². The van der Waals surface area contributed by atoms with E-state index in [0.717, 1.165) is 0 Å². The van der Waals surface area contributed by atoms with Crippen molar-refractivity contribution in [3.8, 4) is 0 Å². The number of rotatable bonds is 3. The van der Waals surface area contributed by atoms with E-state index in [-0.39, 0.29) is 11.3 Å². The molecule has 1 rings (SSSR count). The number of hydrogen-bond donors (Lipinski definition) is 2. The topological polar surface area (TPSA) is 74.6 Å². The van der Waals surface area contributed by atoms with E-state index in [1.165, 1.54) is 0 Å². The third-order valence-electron chi connectivity index (χ3n) is 3.10. The van der Waals surface area contributed by atoms with Gasteiger partial charge in [-0.2, -0.15) is 0 Å². The molecule has 1 aliphatic rings. The molecule has 74 valence electrons. The zero-order valence-electron chi connectivity index (χ0n) is 7.94. The van der Waals surface area contributed by atoms with Gasteiger partial charge in [0.05, 0.1) is 11.8 Å². The molecule has 4 heteroatoms. The molecule has 13 heavy (non-hydrogen) atoms. The molecule has 0 aromatic heterocycles. The highest BCUT2D eigenvalue weighted by molar-refractivity contribution is 5.79. The van der Waals surface area contributed by atoms with Gasteiger partial charge >= 0.3 is 11.9 Å². The zero-order valence-corrected chi connectivity index (χ0v) is 7.94. The van der Waals surface area contributed by atoms with E-state index in [0.29, 0.717) is 0 Å². The highest BCUT2D eigenvalue weighted by Crippen LogP contribution is 2.61. The third kappa shape index (κ3) is 1.41. The minimum absolute atomic E-state index is 0.234. The van der Waals surface area contributed by atoms with Gasteiger partial charge in [-0.15, -0.1) is 0 Å². The Morgan fingerprint density at radius 3 is 2.00 bits per heavy atom. The van der Waals surface area contributed by atoms with E-state index in [2.05, 4.69) is 0 Å². The average molecular weight is 186 g/mol. The molecule has 0 aromatic carbocycles. The molecular formula is C9H14O4. The van der Waals surface area contributed by atoms with E-state index in [4.69, 9.17) is 10.2 Å². The lowest BCUT2D eigenvalue weighted by Gasteiger charge is -2.05. The Morgan fingerprint density at radius 2 is 1.77 bits per heavy atom. The molecular weight excluding hydrogens is 172 g/mol. The molecule has 3 atom stereocenters. The van der Waals surface area contributed by atoms with Gasteiger partial charge in [-0.3, -0.25) is 9.59 Å². The summed E-state index contributed by atoms with van der Waals surface area (Å²) in [6, 6.07) is 0. The normalized spacial score (nSPS) is 32.2. The molecule has 1 aliphatic carbocycles. The van der Waals surface area contributed by atoms with Crippen molar-refractivity contribution in [2.75, 3.05) is 0 Å². The van der Waals surface area contributed by atoms with Crippen LogP contribution in [0.1, 0.15) is 20.8 Å². The predicted molar refractivity (Wildman–Crippen MR) is 45.2 cm³/mol. The number of aliphatic carboxylic acids is 2. The molecule has 0 heterocycles. The van der Waals surface area contributed by atoms with Crippen LogP contribution in [-0.4, -0.2) is 22.2 Å². The third-order valence-corrected chi connectivity index (χ3v) is 3.10. The lowest BCUT2D eigenvalue weighted by Crippen LogP contribution is -2.15. The summed E-state index contributed by atoms with van der Waals surface area (Å²) in [4.78, 5) is 21.4. The molecule has 0 amide bonds. The summed E-state index contributed by atoms with van der Waals surface area (Å²) in [7, 11) is 0. The molecule has 0 radical (unpaired) electrons. The summed E-state index contributed by atoms with van der Waals surface area (Å²) in [5.41, 5.74) is -0.371. The van der Waals surface area contributed by atoms with Crippen molar-refractivity contribution in [2.45, 2.75) is 20.8 Å². The second-order valence-electron chi connectivity index (χ2n) is 4.29. The maximum Gasteiger partial charge on any atom is 0.307 e. The van der Waals surface area contributed by atoms with Crippen molar-refractivity contribution in [3.05, 3.63) is 0 Å². The number of hydrogen-bond acceptors (Lipinski definition) is 2. The highest BCUT2D eigenvalue weighted by atomic mass is 16.4. The van der Waals surface area contributed by atoms with Gasteiger partial charge in [-0.1, -0.05) is 20.8 Å². The largest absolute Gasteiger partial charge is 0.481 e. The highest BCUT2D eigenvalue weighted by Gasteiger charge is 2.65. The van der Waals surface area contributed by atoms with Crippen LogP contribution in [0.2, 0.25) is 0 Å². The maximum absolute atomic E-state index is 10.7. The lowest BCUT2D eigenvalue weighted by molar-refractivity contribution is -0.142. The minimum atomic E-state index is -0.915. The molecule has 0 aliphatic heterocycles. The van der Waals surface area contributed by atoms with E-state index in [1.807, 2.05) is 0 Å². The Morgan fingerprint density at radius 1 is 1.31 bits per heavy atom. The number of carboxylic acids is 2. The monoisotopic (exact) mass is 186 g/mol. The molecule has 0 saturated heterocycles. The fourth-order valence-electron chi connectivity index (χ4n) is 2.24. The van der Waals surface area contributed by atoms with Gasteiger partial charge < -0.3 is 10.2 Å². The van der Waals surface area contributed by atoms with Crippen LogP contribution in [0, 0.1) is 23.2 Å².